The number of rotatable bonds is 1. The molecule has 19 heavy (non-hydrogen) atoms. The van der Waals surface area contributed by atoms with Gasteiger partial charge in [0, 0.05) is 18.7 Å². The molecule has 0 unspecified atom stereocenters. The van der Waals surface area contributed by atoms with Crippen molar-refractivity contribution < 1.29 is 9.59 Å². The number of amides is 2. The molecular weight excluding hydrogens is 306 g/mol. The number of halogens is 1. The molecule has 0 bridgehead atoms. The van der Waals surface area contributed by atoms with E-state index in [0.29, 0.717) is 9.50 Å². The van der Waals surface area contributed by atoms with Gasteiger partial charge in [-0.05, 0) is 19.1 Å². The van der Waals surface area contributed by atoms with Crippen molar-refractivity contribution in [1.29, 1.82) is 0 Å². The molecule has 0 aliphatic carbocycles. The van der Waals surface area contributed by atoms with Crippen molar-refractivity contribution >= 4 is 51.7 Å². The van der Waals surface area contributed by atoms with Crippen molar-refractivity contribution in [3.05, 3.63) is 21.3 Å². The van der Waals surface area contributed by atoms with E-state index in [4.69, 9.17) is 11.6 Å². The SMILES string of the molecule is CC(=O)NC1=NN(C(C)=O)[C@](C)(c2ccc(Cl)s2)S1. The lowest BCUT2D eigenvalue weighted by Gasteiger charge is -2.29. The highest BCUT2D eigenvalue weighted by Gasteiger charge is 2.44. The average molecular weight is 318 g/mol. The number of carbonyl (C=O) groups is 2. The molecule has 1 aliphatic rings. The van der Waals surface area contributed by atoms with Crippen LogP contribution in [0.1, 0.15) is 25.6 Å². The normalized spacial score (nSPS) is 22.3. The van der Waals surface area contributed by atoms with Crippen LogP contribution in [0.2, 0.25) is 4.34 Å². The van der Waals surface area contributed by atoms with Gasteiger partial charge in [0.05, 0.1) is 4.34 Å². The molecular formula is C11H12ClN3O2S2. The number of carbonyl (C=O) groups excluding carboxylic acids is 2. The van der Waals surface area contributed by atoms with E-state index in [1.54, 1.807) is 6.07 Å². The van der Waals surface area contributed by atoms with E-state index < -0.39 is 4.87 Å². The van der Waals surface area contributed by atoms with Crippen LogP contribution in [0.25, 0.3) is 0 Å². The van der Waals surface area contributed by atoms with Gasteiger partial charge in [0.2, 0.25) is 11.8 Å². The summed E-state index contributed by atoms with van der Waals surface area (Å²) in [7, 11) is 0. The maximum Gasteiger partial charge on any atom is 0.241 e. The third-order valence-corrected chi connectivity index (χ3v) is 5.24. The summed E-state index contributed by atoms with van der Waals surface area (Å²) in [6.07, 6.45) is 0. The monoisotopic (exact) mass is 317 g/mol. The summed E-state index contributed by atoms with van der Waals surface area (Å²) in [6, 6.07) is 3.64. The molecule has 1 atom stereocenters. The molecule has 1 aliphatic heterocycles. The molecule has 1 aromatic heterocycles. The van der Waals surface area contributed by atoms with Crippen LogP contribution < -0.4 is 5.32 Å². The van der Waals surface area contributed by atoms with Crippen molar-refractivity contribution in [2.45, 2.75) is 25.6 Å². The highest BCUT2D eigenvalue weighted by Crippen LogP contribution is 2.47. The van der Waals surface area contributed by atoms with E-state index in [1.807, 2.05) is 13.0 Å². The first-order valence-electron chi connectivity index (χ1n) is 5.45. The van der Waals surface area contributed by atoms with Crippen LogP contribution in [-0.2, 0) is 14.5 Å². The van der Waals surface area contributed by atoms with E-state index in [1.165, 1.54) is 42.0 Å². The molecule has 2 rings (SSSR count). The van der Waals surface area contributed by atoms with Gasteiger partial charge in [0.15, 0.2) is 10.0 Å². The first-order valence-corrected chi connectivity index (χ1v) is 7.46. The first kappa shape index (κ1) is 14.4. The summed E-state index contributed by atoms with van der Waals surface area (Å²) in [4.78, 5) is 23.1. The first-order chi connectivity index (χ1) is 8.83. The van der Waals surface area contributed by atoms with Crippen molar-refractivity contribution in [3.8, 4) is 0 Å². The van der Waals surface area contributed by atoms with Gasteiger partial charge in [-0.25, -0.2) is 5.01 Å². The van der Waals surface area contributed by atoms with Crippen LogP contribution in [0, 0.1) is 0 Å². The Bertz CT molecular complexity index is 572. The van der Waals surface area contributed by atoms with Crippen LogP contribution in [0.4, 0.5) is 0 Å². The average Bonchev–Trinajstić information content (AvgIpc) is 2.83. The Morgan fingerprint density at radius 1 is 1.42 bits per heavy atom. The van der Waals surface area contributed by atoms with E-state index in [-0.39, 0.29) is 11.8 Å². The van der Waals surface area contributed by atoms with Gasteiger partial charge in [-0.15, -0.1) is 16.4 Å². The summed E-state index contributed by atoms with van der Waals surface area (Å²) < 4.78 is 0.647. The summed E-state index contributed by atoms with van der Waals surface area (Å²) in [5, 5.41) is 8.55. The lowest BCUT2D eigenvalue weighted by atomic mass is 10.2. The van der Waals surface area contributed by atoms with E-state index in [9.17, 15) is 9.59 Å². The molecule has 2 heterocycles. The molecule has 102 valence electrons. The number of thioether (sulfide) groups is 1. The number of hydrogen-bond acceptors (Lipinski definition) is 5. The van der Waals surface area contributed by atoms with E-state index in [0.717, 1.165) is 4.88 Å². The van der Waals surface area contributed by atoms with E-state index in [2.05, 4.69) is 10.4 Å². The standard InChI is InChI=1S/C11H12ClN3O2S2/c1-6(16)13-10-14-15(7(2)17)11(3,19-10)8-4-5-9(12)18-8/h4-5H,1-3H3,(H,13,14,16)/t11-/m0/s1. The fourth-order valence-electron chi connectivity index (χ4n) is 1.73. The van der Waals surface area contributed by atoms with Crippen LogP contribution in [0.5, 0.6) is 0 Å². The Morgan fingerprint density at radius 3 is 2.58 bits per heavy atom. The fourth-order valence-corrected chi connectivity index (χ4v) is 4.17. The highest BCUT2D eigenvalue weighted by molar-refractivity contribution is 8.14. The largest absolute Gasteiger partial charge is 0.304 e. The predicted octanol–water partition coefficient (Wildman–Crippen LogP) is 2.58. The second-order valence-electron chi connectivity index (χ2n) is 4.11. The minimum absolute atomic E-state index is 0.195. The van der Waals surface area contributed by atoms with Crippen molar-refractivity contribution in [1.82, 2.24) is 10.3 Å². The number of amidine groups is 1. The molecule has 0 saturated carbocycles. The summed E-state index contributed by atoms with van der Waals surface area (Å²) >= 11 is 8.66. The van der Waals surface area contributed by atoms with Gasteiger partial charge in [-0.2, -0.15) is 0 Å². The molecule has 0 fully saturated rings. The van der Waals surface area contributed by atoms with Gasteiger partial charge >= 0.3 is 0 Å². The Hall–Kier alpha value is -1.05. The third kappa shape index (κ3) is 2.77. The maximum atomic E-state index is 11.7. The zero-order valence-corrected chi connectivity index (χ0v) is 12.9. The topological polar surface area (TPSA) is 61.8 Å². The lowest BCUT2D eigenvalue weighted by Crippen LogP contribution is -2.36. The maximum absolute atomic E-state index is 11.7. The second kappa shape index (κ2) is 5.15. The van der Waals surface area contributed by atoms with E-state index >= 15 is 0 Å². The molecule has 0 saturated heterocycles. The van der Waals surface area contributed by atoms with Crippen LogP contribution in [-0.4, -0.2) is 22.0 Å². The van der Waals surface area contributed by atoms with Gasteiger partial charge in [-0.1, -0.05) is 23.4 Å². The smallest absolute Gasteiger partial charge is 0.241 e. The highest BCUT2D eigenvalue weighted by atomic mass is 35.5. The van der Waals surface area contributed by atoms with Gasteiger partial charge in [0.25, 0.3) is 0 Å². The Kier molecular flexibility index (Phi) is 3.89. The predicted molar refractivity (Wildman–Crippen MR) is 78.0 cm³/mol. The van der Waals surface area contributed by atoms with Gasteiger partial charge in [0.1, 0.15) is 0 Å². The molecule has 0 aromatic carbocycles. The van der Waals surface area contributed by atoms with Crippen molar-refractivity contribution in [2.24, 2.45) is 5.10 Å². The Labute approximate surface area is 124 Å². The fraction of sp³-hybridized carbons (Fsp3) is 0.364. The van der Waals surface area contributed by atoms with Gasteiger partial charge in [-0.3, -0.25) is 9.59 Å². The Morgan fingerprint density at radius 2 is 2.11 bits per heavy atom. The third-order valence-electron chi connectivity index (χ3n) is 2.50. The van der Waals surface area contributed by atoms with Crippen molar-refractivity contribution in [3.63, 3.8) is 0 Å². The Balaban J connectivity index is 2.35. The molecule has 5 nitrogen and oxygen atoms in total. The molecule has 0 radical (unpaired) electrons. The van der Waals surface area contributed by atoms with Crippen LogP contribution in [0.3, 0.4) is 0 Å². The number of nitrogens with one attached hydrogen (secondary N) is 1. The molecule has 1 aromatic rings. The quantitative estimate of drug-likeness (QED) is 0.866. The lowest BCUT2D eigenvalue weighted by molar-refractivity contribution is -0.131. The molecule has 0 spiro atoms. The summed E-state index contributed by atoms with van der Waals surface area (Å²) in [5.41, 5.74) is 0. The number of hydrazone groups is 1. The van der Waals surface area contributed by atoms with Gasteiger partial charge < -0.3 is 5.32 Å². The minimum Gasteiger partial charge on any atom is -0.304 e. The zero-order chi connectivity index (χ0) is 14.2. The molecule has 8 heteroatoms. The zero-order valence-electron chi connectivity index (χ0n) is 10.6. The van der Waals surface area contributed by atoms with Crippen LogP contribution in [0.15, 0.2) is 17.2 Å². The molecule has 2 amide bonds. The second-order valence-corrected chi connectivity index (χ2v) is 7.21. The van der Waals surface area contributed by atoms with Crippen molar-refractivity contribution in [2.75, 3.05) is 0 Å². The number of nitrogens with zero attached hydrogens (tertiary/aromatic N) is 2. The number of hydrogen-bond donors (Lipinski definition) is 1. The van der Waals surface area contributed by atoms with Crippen LogP contribution >= 0.6 is 34.7 Å². The molecule has 1 N–H and O–H groups in total. The minimum atomic E-state index is -0.679. The summed E-state index contributed by atoms with van der Waals surface area (Å²) in [5.74, 6) is -0.414. The number of thiophene rings is 1. The summed E-state index contributed by atoms with van der Waals surface area (Å²) in [6.45, 7) is 4.71.